The Bertz CT molecular complexity index is 550. The molecule has 0 aliphatic rings. The molecular formula is C15H16FNO3S. The lowest BCUT2D eigenvalue weighted by Crippen LogP contribution is -2.32. The van der Waals surface area contributed by atoms with Crippen LogP contribution in [0, 0.1) is 5.82 Å². The zero-order valence-electron chi connectivity index (χ0n) is 11.4. The standard InChI is InChI=1S/C15H16FNO3S/c1-3-7-17(8-4-2)14(18)10-21-13-9-11(15(19)20)5-6-12(13)16/h3-6,9H,1-2,7-8,10H2,(H,19,20). The van der Waals surface area contributed by atoms with Gasteiger partial charge >= 0.3 is 5.97 Å². The van der Waals surface area contributed by atoms with Crippen molar-refractivity contribution in [3.63, 3.8) is 0 Å². The molecule has 0 radical (unpaired) electrons. The average molecular weight is 309 g/mol. The number of aromatic carboxylic acids is 1. The Labute approximate surface area is 127 Å². The maximum absolute atomic E-state index is 13.6. The molecule has 21 heavy (non-hydrogen) atoms. The van der Waals surface area contributed by atoms with E-state index >= 15 is 0 Å². The smallest absolute Gasteiger partial charge is 0.335 e. The summed E-state index contributed by atoms with van der Waals surface area (Å²) in [6.07, 6.45) is 3.19. The summed E-state index contributed by atoms with van der Waals surface area (Å²) in [5.41, 5.74) is -0.0135. The van der Waals surface area contributed by atoms with Gasteiger partial charge in [0.05, 0.1) is 11.3 Å². The lowest BCUT2D eigenvalue weighted by Gasteiger charge is -2.19. The van der Waals surface area contributed by atoms with Crippen molar-refractivity contribution in [3.8, 4) is 0 Å². The fourth-order valence-corrected chi connectivity index (χ4v) is 2.45. The van der Waals surface area contributed by atoms with Crippen LogP contribution in [0.25, 0.3) is 0 Å². The van der Waals surface area contributed by atoms with Gasteiger partial charge in [-0.25, -0.2) is 9.18 Å². The first-order valence-corrected chi connectivity index (χ1v) is 7.13. The molecule has 6 heteroatoms. The van der Waals surface area contributed by atoms with Crippen LogP contribution in [0.3, 0.4) is 0 Å². The van der Waals surface area contributed by atoms with Crippen LogP contribution in [0.1, 0.15) is 10.4 Å². The highest BCUT2D eigenvalue weighted by Crippen LogP contribution is 2.23. The van der Waals surface area contributed by atoms with Gasteiger partial charge in [0, 0.05) is 18.0 Å². The normalized spacial score (nSPS) is 9.95. The maximum atomic E-state index is 13.6. The topological polar surface area (TPSA) is 57.6 Å². The van der Waals surface area contributed by atoms with Crippen molar-refractivity contribution in [2.24, 2.45) is 0 Å². The molecule has 1 amide bonds. The third-order valence-corrected chi connectivity index (χ3v) is 3.60. The quantitative estimate of drug-likeness (QED) is 0.592. The summed E-state index contributed by atoms with van der Waals surface area (Å²) in [5, 5.41) is 8.88. The molecule has 0 aliphatic carbocycles. The van der Waals surface area contributed by atoms with Crippen molar-refractivity contribution in [1.29, 1.82) is 0 Å². The van der Waals surface area contributed by atoms with Crippen LogP contribution < -0.4 is 0 Å². The highest BCUT2D eigenvalue weighted by molar-refractivity contribution is 8.00. The predicted molar refractivity (Wildman–Crippen MR) is 81.1 cm³/mol. The Hall–Kier alpha value is -2.08. The minimum atomic E-state index is -1.14. The Balaban J connectivity index is 2.75. The summed E-state index contributed by atoms with van der Waals surface area (Å²) in [4.78, 5) is 24.5. The van der Waals surface area contributed by atoms with Crippen LogP contribution in [-0.2, 0) is 4.79 Å². The molecule has 0 atom stereocenters. The van der Waals surface area contributed by atoms with E-state index in [9.17, 15) is 14.0 Å². The van der Waals surface area contributed by atoms with Gasteiger partial charge in [-0.1, -0.05) is 12.2 Å². The van der Waals surface area contributed by atoms with Gasteiger partial charge in [0.25, 0.3) is 0 Å². The lowest BCUT2D eigenvalue weighted by atomic mass is 10.2. The fourth-order valence-electron chi connectivity index (χ4n) is 1.57. The van der Waals surface area contributed by atoms with Gasteiger partial charge in [-0.2, -0.15) is 0 Å². The number of carbonyl (C=O) groups is 2. The highest BCUT2D eigenvalue weighted by atomic mass is 32.2. The van der Waals surface area contributed by atoms with E-state index in [0.717, 1.165) is 17.8 Å². The number of carboxylic acid groups (broad SMARTS) is 1. The number of carboxylic acids is 1. The van der Waals surface area contributed by atoms with E-state index in [4.69, 9.17) is 5.11 Å². The van der Waals surface area contributed by atoms with Crippen molar-refractivity contribution in [2.45, 2.75) is 4.90 Å². The van der Waals surface area contributed by atoms with Gasteiger partial charge in [-0.05, 0) is 18.2 Å². The van der Waals surface area contributed by atoms with Gasteiger partial charge in [-0.3, -0.25) is 4.79 Å². The number of rotatable bonds is 8. The van der Waals surface area contributed by atoms with Crippen LogP contribution in [-0.4, -0.2) is 40.7 Å². The second-order valence-corrected chi connectivity index (χ2v) is 5.13. The predicted octanol–water partition coefficient (Wildman–Crippen LogP) is 2.82. The molecule has 0 saturated heterocycles. The molecular weight excluding hydrogens is 293 g/mol. The Kier molecular flexibility index (Phi) is 6.68. The number of halogens is 1. The second-order valence-electron chi connectivity index (χ2n) is 4.12. The molecule has 0 aromatic heterocycles. The van der Waals surface area contributed by atoms with E-state index < -0.39 is 11.8 Å². The van der Waals surface area contributed by atoms with E-state index in [0.29, 0.717) is 13.1 Å². The number of carbonyl (C=O) groups excluding carboxylic acids is 1. The largest absolute Gasteiger partial charge is 0.478 e. The molecule has 4 nitrogen and oxygen atoms in total. The summed E-state index contributed by atoms with van der Waals surface area (Å²) in [6.45, 7) is 7.89. The number of amides is 1. The molecule has 0 fully saturated rings. The molecule has 0 aliphatic heterocycles. The highest BCUT2D eigenvalue weighted by Gasteiger charge is 2.14. The molecule has 0 saturated carbocycles. The van der Waals surface area contributed by atoms with E-state index in [-0.39, 0.29) is 22.1 Å². The van der Waals surface area contributed by atoms with Gasteiger partial charge in [0.2, 0.25) is 5.91 Å². The van der Waals surface area contributed by atoms with E-state index in [1.807, 2.05) is 0 Å². The summed E-state index contributed by atoms with van der Waals surface area (Å²) in [6, 6.07) is 3.49. The van der Waals surface area contributed by atoms with Crippen molar-refractivity contribution < 1.29 is 19.1 Å². The average Bonchev–Trinajstić information content (AvgIpc) is 2.45. The number of benzene rings is 1. The number of nitrogens with zero attached hydrogens (tertiary/aromatic N) is 1. The first-order valence-electron chi connectivity index (χ1n) is 6.14. The Morgan fingerprint density at radius 3 is 2.43 bits per heavy atom. The zero-order chi connectivity index (χ0) is 15.8. The van der Waals surface area contributed by atoms with E-state index in [1.165, 1.54) is 17.0 Å². The van der Waals surface area contributed by atoms with Crippen molar-refractivity contribution in [1.82, 2.24) is 4.90 Å². The van der Waals surface area contributed by atoms with Gasteiger partial charge < -0.3 is 10.0 Å². The van der Waals surface area contributed by atoms with E-state index in [2.05, 4.69) is 13.2 Å². The summed E-state index contributed by atoms with van der Waals surface area (Å²) >= 11 is 0.969. The molecule has 0 heterocycles. The molecule has 1 N–H and O–H groups in total. The third-order valence-electron chi connectivity index (χ3n) is 2.58. The van der Waals surface area contributed by atoms with Crippen LogP contribution in [0.4, 0.5) is 4.39 Å². The first kappa shape index (κ1) is 17.0. The molecule has 0 bridgehead atoms. The van der Waals surface area contributed by atoms with Crippen molar-refractivity contribution in [3.05, 3.63) is 54.9 Å². The van der Waals surface area contributed by atoms with Crippen LogP contribution in [0.5, 0.6) is 0 Å². The van der Waals surface area contributed by atoms with Crippen LogP contribution in [0.15, 0.2) is 48.4 Å². The Morgan fingerprint density at radius 2 is 1.90 bits per heavy atom. The fraction of sp³-hybridized carbons (Fsp3) is 0.200. The SMILES string of the molecule is C=CCN(CC=C)C(=O)CSc1cc(C(=O)O)ccc1F. The van der Waals surface area contributed by atoms with Gasteiger partial charge in [0.15, 0.2) is 0 Å². The third kappa shape index (κ3) is 5.07. The van der Waals surface area contributed by atoms with E-state index in [1.54, 1.807) is 12.2 Å². The van der Waals surface area contributed by atoms with Crippen molar-refractivity contribution >= 4 is 23.6 Å². The van der Waals surface area contributed by atoms with Crippen LogP contribution in [0.2, 0.25) is 0 Å². The van der Waals surface area contributed by atoms with Crippen LogP contribution >= 0.6 is 11.8 Å². The summed E-state index contributed by atoms with van der Waals surface area (Å²) < 4.78 is 13.6. The van der Waals surface area contributed by atoms with Gasteiger partial charge in [0.1, 0.15) is 5.82 Å². The number of hydrogen-bond acceptors (Lipinski definition) is 3. The molecule has 1 aromatic rings. The molecule has 112 valence electrons. The zero-order valence-corrected chi connectivity index (χ0v) is 12.2. The lowest BCUT2D eigenvalue weighted by molar-refractivity contribution is -0.127. The monoisotopic (exact) mass is 309 g/mol. The minimum absolute atomic E-state index is 0.0135. The summed E-state index contributed by atoms with van der Waals surface area (Å²) in [7, 11) is 0. The van der Waals surface area contributed by atoms with Crippen molar-refractivity contribution in [2.75, 3.05) is 18.8 Å². The summed E-state index contributed by atoms with van der Waals surface area (Å²) in [5.74, 6) is -1.86. The first-order chi connectivity index (χ1) is 9.99. The molecule has 1 rings (SSSR count). The maximum Gasteiger partial charge on any atom is 0.335 e. The van der Waals surface area contributed by atoms with Gasteiger partial charge in [-0.15, -0.1) is 24.9 Å². The molecule has 0 spiro atoms. The molecule has 0 unspecified atom stereocenters. The minimum Gasteiger partial charge on any atom is -0.478 e. The number of hydrogen-bond donors (Lipinski definition) is 1. The second kappa shape index (κ2) is 8.26. The number of thioether (sulfide) groups is 1. The molecule has 1 aromatic carbocycles. The Morgan fingerprint density at radius 1 is 1.29 bits per heavy atom.